The first-order valence-corrected chi connectivity index (χ1v) is 4.95. The van der Waals surface area contributed by atoms with Crippen molar-refractivity contribution in [3.8, 4) is 0 Å². The van der Waals surface area contributed by atoms with Crippen LogP contribution in [-0.4, -0.2) is 37.3 Å². The predicted molar refractivity (Wildman–Crippen MR) is 59.6 cm³/mol. The molecule has 0 aliphatic heterocycles. The van der Waals surface area contributed by atoms with Gasteiger partial charge >= 0.3 is 0 Å². The van der Waals surface area contributed by atoms with Gasteiger partial charge in [-0.3, -0.25) is 0 Å². The lowest BCUT2D eigenvalue weighted by atomic mass is 9.98. The van der Waals surface area contributed by atoms with Crippen LogP contribution in [0.3, 0.4) is 0 Å². The predicted octanol–water partition coefficient (Wildman–Crippen LogP) is 1.63. The van der Waals surface area contributed by atoms with Crippen molar-refractivity contribution in [3.63, 3.8) is 0 Å². The van der Waals surface area contributed by atoms with Gasteiger partial charge in [0.15, 0.2) is 0 Å². The highest BCUT2D eigenvalue weighted by atomic mass is 16.3. The van der Waals surface area contributed by atoms with Crippen molar-refractivity contribution in [1.29, 1.82) is 0 Å². The number of aryl methyl sites for hydroxylation is 1. The largest absolute Gasteiger partial charge is 0.396 e. The van der Waals surface area contributed by atoms with Gasteiger partial charge in [0, 0.05) is 12.5 Å². The molecular weight excluding hydrogens is 174 g/mol. The van der Waals surface area contributed by atoms with Crippen LogP contribution in [0, 0.1) is 6.92 Å². The van der Waals surface area contributed by atoms with Crippen LogP contribution in [0.15, 0.2) is 24.3 Å². The van der Waals surface area contributed by atoms with Gasteiger partial charge in [0.2, 0.25) is 0 Å². The van der Waals surface area contributed by atoms with Crippen molar-refractivity contribution < 1.29 is 5.11 Å². The molecule has 78 valence electrons. The summed E-state index contributed by atoms with van der Waals surface area (Å²) in [4.78, 5) is 2.10. The molecule has 0 saturated carbocycles. The molecule has 0 aliphatic carbocycles. The third-order valence-corrected chi connectivity index (χ3v) is 2.32. The zero-order valence-corrected chi connectivity index (χ0v) is 9.20. The van der Waals surface area contributed by atoms with Crippen LogP contribution >= 0.6 is 0 Å². The third-order valence-electron chi connectivity index (χ3n) is 2.32. The lowest BCUT2D eigenvalue weighted by molar-refractivity contribution is 0.235. The van der Waals surface area contributed by atoms with Crippen LogP contribution in [0.1, 0.15) is 17.0 Å². The SMILES string of the molecule is Cc1cccc(C(CO)CN(C)C)c1. The van der Waals surface area contributed by atoms with E-state index in [2.05, 4.69) is 30.0 Å². The Balaban J connectivity index is 2.78. The number of benzene rings is 1. The van der Waals surface area contributed by atoms with Gasteiger partial charge in [0.1, 0.15) is 0 Å². The monoisotopic (exact) mass is 193 g/mol. The Hall–Kier alpha value is -0.860. The Bertz CT molecular complexity index is 283. The summed E-state index contributed by atoms with van der Waals surface area (Å²) in [6.45, 7) is 3.18. The molecule has 0 amide bonds. The van der Waals surface area contributed by atoms with Crippen LogP contribution in [-0.2, 0) is 0 Å². The van der Waals surface area contributed by atoms with E-state index in [0.29, 0.717) is 0 Å². The standard InChI is InChI=1S/C12H19NO/c1-10-5-4-6-11(7-10)12(9-14)8-13(2)3/h4-7,12,14H,8-9H2,1-3H3. The highest BCUT2D eigenvalue weighted by molar-refractivity contribution is 5.25. The Morgan fingerprint density at radius 2 is 2.07 bits per heavy atom. The first-order chi connectivity index (χ1) is 6.63. The van der Waals surface area contributed by atoms with Crippen LogP contribution < -0.4 is 0 Å². The van der Waals surface area contributed by atoms with E-state index >= 15 is 0 Å². The quantitative estimate of drug-likeness (QED) is 0.785. The van der Waals surface area contributed by atoms with Crippen molar-refractivity contribution >= 4 is 0 Å². The van der Waals surface area contributed by atoms with E-state index in [1.807, 2.05) is 20.2 Å². The van der Waals surface area contributed by atoms with Gasteiger partial charge in [-0.1, -0.05) is 29.8 Å². The second-order valence-corrected chi connectivity index (χ2v) is 4.06. The van der Waals surface area contributed by atoms with Gasteiger partial charge < -0.3 is 10.0 Å². The lowest BCUT2D eigenvalue weighted by Crippen LogP contribution is -2.22. The Morgan fingerprint density at radius 1 is 1.36 bits per heavy atom. The molecule has 1 atom stereocenters. The summed E-state index contributed by atoms with van der Waals surface area (Å²) in [6, 6.07) is 8.35. The Kier molecular flexibility index (Phi) is 4.11. The average Bonchev–Trinajstić information content (AvgIpc) is 2.14. The highest BCUT2D eigenvalue weighted by Gasteiger charge is 2.10. The first-order valence-electron chi connectivity index (χ1n) is 4.95. The molecule has 1 unspecified atom stereocenters. The molecule has 1 aromatic rings. The van der Waals surface area contributed by atoms with Gasteiger partial charge in [0.25, 0.3) is 0 Å². The molecule has 0 heterocycles. The molecule has 0 saturated heterocycles. The molecule has 1 aromatic carbocycles. The number of rotatable bonds is 4. The van der Waals surface area contributed by atoms with Gasteiger partial charge in [-0.2, -0.15) is 0 Å². The van der Waals surface area contributed by atoms with E-state index in [-0.39, 0.29) is 12.5 Å². The van der Waals surface area contributed by atoms with E-state index in [1.165, 1.54) is 11.1 Å². The smallest absolute Gasteiger partial charge is 0.0512 e. The second kappa shape index (κ2) is 5.13. The molecule has 1 rings (SSSR count). The third kappa shape index (κ3) is 3.13. The molecule has 0 radical (unpaired) electrons. The molecule has 14 heavy (non-hydrogen) atoms. The van der Waals surface area contributed by atoms with Crippen LogP contribution in [0.5, 0.6) is 0 Å². The summed E-state index contributed by atoms with van der Waals surface area (Å²) >= 11 is 0. The number of nitrogens with zero attached hydrogens (tertiary/aromatic N) is 1. The van der Waals surface area contributed by atoms with Crippen molar-refractivity contribution in [3.05, 3.63) is 35.4 Å². The molecular formula is C12H19NO. The topological polar surface area (TPSA) is 23.5 Å². The maximum absolute atomic E-state index is 9.29. The van der Waals surface area contributed by atoms with Crippen molar-refractivity contribution in [2.24, 2.45) is 0 Å². The number of aliphatic hydroxyl groups is 1. The van der Waals surface area contributed by atoms with Gasteiger partial charge in [-0.25, -0.2) is 0 Å². The number of hydrogen-bond acceptors (Lipinski definition) is 2. The lowest BCUT2D eigenvalue weighted by Gasteiger charge is -2.19. The van der Waals surface area contributed by atoms with Crippen molar-refractivity contribution in [1.82, 2.24) is 4.90 Å². The second-order valence-electron chi connectivity index (χ2n) is 4.06. The number of aliphatic hydroxyl groups excluding tert-OH is 1. The van der Waals surface area contributed by atoms with Gasteiger partial charge in [-0.05, 0) is 26.6 Å². The van der Waals surface area contributed by atoms with Crippen LogP contribution in [0.4, 0.5) is 0 Å². The summed E-state index contributed by atoms with van der Waals surface area (Å²) in [6.07, 6.45) is 0. The molecule has 0 aliphatic rings. The maximum atomic E-state index is 9.29. The van der Waals surface area contributed by atoms with Crippen LogP contribution in [0.2, 0.25) is 0 Å². The highest BCUT2D eigenvalue weighted by Crippen LogP contribution is 2.16. The zero-order chi connectivity index (χ0) is 10.6. The minimum absolute atomic E-state index is 0.210. The van der Waals surface area contributed by atoms with E-state index in [4.69, 9.17) is 0 Å². The van der Waals surface area contributed by atoms with Gasteiger partial charge in [-0.15, -0.1) is 0 Å². The minimum atomic E-state index is 0.210. The van der Waals surface area contributed by atoms with Gasteiger partial charge in [0.05, 0.1) is 6.61 Å². The molecule has 0 aromatic heterocycles. The fourth-order valence-corrected chi connectivity index (χ4v) is 1.63. The summed E-state index contributed by atoms with van der Waals surface area (Å²) in [5, 5.41) is 9.29. The molecule has 0 spiro atoms. The molecule has 2 heteroatoms. The molecule has 0 bridgehead atoms. The maximum Gasteiger partial charge on any atom is 0.0512 e. The van der Waals surface area contributed by atoms with Crippen molar-refractivity contribution in [2.45, 2.75) is 12.8 Å². The minimum Gasteiger partial charge on any atom is -0.396 e. The fourth-order valence-electron chi connectivity index (χ4n) is 1.63. The van der Waals surface area contributed by atoms with Crippen molar-refractivity contribution in [2.75, 3.05) is 27.2 Å². The zero-order valence-electron chi connectivity index (χ0n) is 9.20. The Labute approximate surface area is 86.2 Å². The molecule has 2 nitrogen and oxygen atoms in total. The summed E-state index contributed by atoms with van der Waals surface area (Å²) in [5.74, 6) is 0.227. The first kappa shape index (κ1) is 11.2. The van der Waals surface area contributed by atoms with E-state index in [9.17, 15) is 5.11 Å². The van der Waals surface area contributed by atoms with E-state index in [0.717, 1.165) is 6.54 Å². The van der Waals surface area contributed by atoms with Crippen LogP contribution in [0.25, 0.3) is 0 Å². The molecule has 1 N–H and O–H groups in total. The summed E-state index contributed by atoms with van der Waals surface area (Å²) in [7, 11) is 4.05. The average molecular weight is 193 g/mol. The molecule has 0 fully saturated rings. The Morgan fingerprint density at radius 3 is 2.57 bits per heavy atom. The summed E-state index contributed by atoms with van der Waals surface area (Å²) < 4.78 is 0. The number of hydrogen-bond donors (Lipinski definition) is 1. The normalized spacial score (nSPS) is 13.2. The number of likely N-dealkylation sites (N-methyl/N-ethyl adjacent to an activating group) is 1. The van der Waals surface area contributed by atoms with E-state index < -0.39 is 0 Å². The fraction of sp³-hybridized carbons (Fsp3) is 0.500. The van der Waals surface area contributed by atoms with E-state index in [1.54, 1.807) is 0 Å². The summed E-state index contributed by atoms with van der Waals surface area (Å²) in [5.41, 5.74) is 2.47.